The zero-order valence-electron chi connectivity index (χ0n) is 18.6. The molecule has 29 heavy (non-hydrogen) atoms. The Morgan fingerprint density at radius 1 is 1.07 bits per heavy atom. The molecule has 0 bridgehead atoms. The Bertz CT molecular complexity index is 949. The number of nitrogens with zero attached hydrogens (tertiary/aromatic N) is 1. The topological polar surface area (TPSA) is 46.6 Å². The highest BCUT2D eigenvalue weighted by Crippen LogP contribution is 2.34. The largest absolute Gasteiger partial charge is 0.490 e. The number of Topliss-reactive ketones (excluding diaryl/α,β-unsaturated/α-hetero) is 1. The van der Waals surface area contributed by atoms with Crippen LogP contribution in [0.1, 0.15) is 70.7 Å². The van der Waals surface area contributed by atoms with Gasteiger partial charge in [0.05, 0.1) is 6.54 Å². The van der Waals surface area contributed by atoms with Gasteiger partial charge in [-0.3, -0.25) is 9.59 Å². The molecule has 1 heterocycles. The highest BCUT2D eigenvalue weighted by Gasteiger charge is 2.31. The van der Waals surface area contributed by atoms with Crippen molar-refractivity contribution < 1.29 is 14.3 Å². The summed E-state index contributed by atoms with van der Waals surface area (Å²) in [5.74, 6) is 0.633. The second-order valence-corrected chi connectivity index (χ2v) is 9.22. The van der Waals surface area contributed by atoms with Gasteiger partial charge in [0, 0.05) is 28.7 Å². The van der Waals surface area contributed by atoms with E-state index in [0.29, 0.717) is 11.1 Å². The number of rotatable bonds is 4. The normalized spacial score (nSPS) is 15.6. The number of carbonyl (C=O) groups excluding carboxylic acids is 2. The van der Waals surface area contributed by atoms with Crippen molar-refractivity contribution in [1.82, 2.24) is 4.90 Å². The van der Waals surface area contributed by atoms with Crippen LogP contribution in [-0.4, -0.2) is 34.8 Å². The smallest absolute Gasteiger partial charge is 0.254 e. The molecule has 2 aromatic carbocycles. The van der Waals surface area contributed by atoms with Crippen molar-refractivity contribution in [3.05, 3.63) is 63.7 Å². The SMILES string of the molecule is Cc1cc(C)cc(C(=O)N(CC(=O)c2ccc3c(c2C)OC(C)C3)C(C)(C)C)c1. The minimum atomic E-state index is -0.486. The van der Waals surface area contributed by atoms with Gasteiger partial charge in [-0.2, -0.15) is 0 Å². The molecular weight excluding hydrogens is 362 g/mol. The molecule has 3 rings (SSSR count). The van der Waals surface area contributed by atoms with Crippen molar-refractivity contribution in [2.24, 2.45) is 0 Å². The van der Waals surface area contributed by atoms with Crippen LogP contribution in [0.4, 0.5) is 0 Å². The molecule has 1 atom stereocenters. The lowest BCUT2D eigenvalue weighted by atomic mass is 9.97. The predicted molar refractivity (Wildman–Crippen MR) is 116 cm³/mol. The molecule has 4 nitrogen and oxygen atoms in total. The van der Waals surface area contributed by atoms with E-state index in [1.807, 2.05) is 78.8 Å². The zero-order chi connectivity index (χ0) is 21.5. The minimum Gasteiger partial charge on any atom is -0.490 e. The van der Waals surface area contributed by atoms with Crippen molar-refractivity contribution in [2.75, 3.05) is 6.54 Å². The van der Waals surface area contributed by atoms with E-state index in [9.17, 15) is 9.59 Å². The van der Waals surface area contributed by atoms with Gasteiger partial charge in [0.15, 0.2) is 5.78 Å². The van der Waals surface area contributed by atoms with Crippen LogP contribution >= 0.6 is 0 Å². The predicted octanol–water partition coefficient (Wildman–Crippen LogP) is 5.06. The third-order valence-electron chi connectivity index (χ3n) is 5.44. The van der Waals surface area contributed by atoms with Gasteiger partial charge in [0.25, 0.3) is 5.91 Å². The molecule has 4 heteroatoms. The second kappa shape index (κ2) is 7.66. The van der Waals surface area contributed by atoms with Gasteiger partial charge in [-0.25, -0.2) is 0 Å². The molecule has 0 spiro atoms. The van der Waals surface area contributed by atoms with E-state index in [0.717, 1.165) is 34.4 Å². The molecule has 0 aliphatic carbocycles. The van der Waals surface area contributed by atoms with E-state index in [-0.39, 0.29) is 24.3 Å². The summed E-state index contributed by atoms with van der Waals surface area (Å²) in [7, 11) is 0. The van der Waals surface area contributed by atoms with Gasteiger partial charge in [-0.1, -0.05) is 29.3 Å². The maximum absolute atomic E-state index is 13.3. The summed E-state index contributed by atoms with van der Waals surface area (Å²) in [6, 6.07) is 9.66. The molecule has 1 aliphatic rings. The molecule has 0 aromatic heterocycles. The molecule has 0 N–H and O–H groups in total. The average molecular weight is 394 g/mol. The van der Waals surface area contributed by atoms with E-state index in [2.05, 4.69) is 0 Å². The summed E-state index contributed by atoms with van der Waals surface area (Å²) in [4.78, 5) is 28.2. The number of benzene rings is 2. The standard InChI is InChI=1S/C25H31NO3/c1-15-10-16(2)12-20(11-15)24(28)26(25(5,6)7)14-22(27)21-9-8-19-13-17(3)29-23(19)18(21)4/h8-12,17H,13-14H2,1-7H3. The van der Waals surface area contributed by atoms with E-state index >= 15 is 0 Å². The van der Waals surface area contributed by atoms with E-state index in [4.69, 9.17) is 4.74 Å². The molecule has 2 aromatic rings. The van der Waals surface area contributed by atoms with Crippen LogP contribution in [0.5, 0.6) is 5.75 Å². The number of aryl methyl sites for hydroxylation is 2. The fraction of sp³-hybridized carbons (Fsp3) is 0.440. The quantitative estimate of drug-likeness (QED) is 0.682. The Hall–Kier alpha value is -2.62. The number of ether oxygens (including phenoxy) is 1. The van der Waals surface area contributed by atoms with Crippen molar-refractivity contribution in [2.45, 2.75) is 66.5 Å². The average Bonchev–Trinajstić information content (AvgIpc) is 2.98. The first-order valence-electron chi connectivity index (χ1n) is 10.2. The van der Waals surface area contributed by atoms with Crippen LogP contribution in [0.15, 0.2) is 30.3 Å². The molecule has 1 aliphatic heterocycles. The Labute approximate surface area is 173 Å². The number of hydrogen-bond donors (Lipinski definition) is 0. The van der Waals surface area contributed by atoms with Gasteiger partial charge < -0.3 is 9.64 Å². The number of amides is 1. The van der Waals surface area contributed by atoms with Gasteiger partial charge in [0.1, 0.15) is 11.9 Å². The lowest BCUT2D eigenvalue weighted by Crippen LogP contribution is -2.48. The van der Waals surface area contributed by atoms with Crippen LogP contribution in [0.25, 0.3) is 0 Å². The maximum atomic E-state index is 13.3. The third kappa shape index (κ3) is 4.36. The minimum absolute atomic E-state index is 0.0322. The Morgan fingerprint density at radius 3 is 2.28 bits per heavy atom. The highest BCUT2D eigenvalue weighted by molar-refractivity contribution is 6.03. The van der Waals surface area contributed by atoms with E-state index in [1.54, 1.807) is 4.90 Å². The summed E-state index contributed by atoms with van der Waals surface area (Å²) in [5, 5.41) is 0. The highest BCUT2D eigenvalue weighted by atomic mass is 16.5. The lowest BCUT2D eigenvalue weighted by Gasteiger charge is -2.35. The molecule has 1 amide bonds. The maximum Gasteiger partial charge on any atom is 0.254 e. The number of carbonyl (C=O) groups is 2. The summed E-state index contributed by atoms with van der Waals surface area (Å²) in [6.45, 7) is 13.8. The molecule has 0 radical (unpaired) electrons. The third-order valence-corrected chi connectivity index (χ3v) is 5.44. The molecule has 1 unspecified atom stereocenters. The lowest BCUT2D eigenvalue weighted by molar-refractivity contribution is 0.0547. The molecule has 0 saturated heterocycles. The molecular formula is C25H31NO3. The first-order chi connectivity index (χ1) is 13.5. The van der Waals surface area contributed by atoms with Gasteiger partial charge in [0.2, 0.25) is 0 Å². The van der Waals surface area contributed by atoms with Crippen molar-refractivity contribution in [3.8, 4) is 5.75 Å². The molecule has 0 fully saturated rings. The van der Waals surface area contributed by atoms with Crippen molar-refractivity contribution in [3.63, 3.8) is 0 Å². The Balaban J connectivity index is 1.91. The summed E-state index contributed by atoms with van der Waals surface area (Å²) < 4.78 is 5.91. The van der Waals surface area contributed by atoms with Gasteiger partial charge in [-0.05, 0) is 66.2 Å². The monoisotopic (exact) mass is 393 g/mol. The summed E-state index contributed by atoms with van der Waals surface area (Å²) in [6.07, 6.45) is 0.996. The fourth-order valence-electron chi connectivity index (χ4n) is 4.02. The van der Waals surface area contributed by atoms with E-state index in [1.165, 1.54) is 0 Å². The number of fused-ring (bicyclic) bond motifs is 1. The number of hydrogen-bond acceptors (Lipinski definition) is 3. The van der Waals surface area contributed by atoms with Crippen LogP contribution in [0.2, 0.25) is 0 Å². The van der Waals surface area contributed by atoms with Crippen molar-refractivity contribution >= 4 is 11.7 Å². The summed E-state index contributed by atoms with van der Waals surface area (Å²) >= 11 is 0. The van der Waals surface area contributed by atoms with Gasteiger partial charge in [-0.15, -0.1) is 0 Å². The van der Waals surface area contributed by atoms with Crippen LogP contribution < -0.4 is 4.74 Å². The first kappa shape index (κ1) is 21.1. The first-order valence-corrected chi connectivity index (χ1v) is 10.2. The van der Waals surface area contributed by atoms with Crippen LogP contribution in [0.3, 0.4) is 0 Å². The second-order valence-electron chi connectivity index (χ2n) is 9.22. The van der Waals surface area contributed by atoms with Gasteiger partial charge >= 0.3 is 0 Å². The Kier molecular flexibility index (Phi) is 5.57. The molecule has 154 valence electrons. The number of ketones is 1. The summed E-state index contributed by atoms with van der Waals surface area (Å²) in [5.41, 5.74) is 4.84. The fourth-order valence-corrected chi connectivity index (χ4v) is 4.02. The zero-order valence-corrected chi connectivity index (χ0v) is 18.6. The molecule has 0 saturated carbocycles. The van der Waals surface area contributed by atoms with Crippen LogP contribution in [-0.2, 0) is 6.42 Å². The Morgan fingerprint density at radius 2 is 1.69 bits per heavy atom. The van der Waals surface area contributed by atoms with E-state index < -0.39 is 5.54 Å². The van der Waals surface area contributed by atoms with Crippen molar-refractivity contribution in [1.29, 1.82) is 0 Å². The van der Waals surface area contributed by atoms with Crippen LogP contribution in [0, 0.1) is 20.8 Å².